The third kappa shape index (κ3) is 21.9. The van der Waals surface area contributed by atoms with Crippen LogP contribution in [0.2, 0.25) is 0 Å². The van der Waals surface area contributed by atoms with E-state index >= 15 is 0 Å². The highest BCUT2D eigenvalue weighted by Crippen LogP contribution is 2.30. The minimum atomic E-state index is -1.12. The number of ether oxygens (including phenoxy) is 4. The fraction of sp³-hybridized carbons (Fsp3) is 0.717. The van der Waals surface area contributed by atoms with Crippen molar-refractivity contribution in [1.82, 2.24) is 40.9 Å². The second-order valence-corrected chi connectivity index (χ2v) is 23.0. The first-order valence-corrected chi connectivity index (χ1v) is 28.7. The maximum absolute atomic E-state index is 14.8. The maximum Gasteiger partial charge on any atom is 0.328 e. The molecule has 0 bridgehead atoms. The fourth-order valence-electron chi connectivity index (χ4n) is 10.5. The number of nitrogens with one attached hydrogen (secondary N) is 4. The van der Waals surface area contributed by atoms with Crippen molar-refractivity contribution in [3.63, 3.8) is 0 Å². The molecule has 1 aromatic rings. The number of aliphatic hydroxyl groups excluding tert-OH is 1. The number of terminal acetylenes is 1. The van der Waals surface area contributed by atoms with Gasteiger partial charge in [0.15, 0.2) is 0 Å². The van der Waals surface area contributed by atoms with Crippen molar-refractivity contribution in [2.75, 3.05) is 68.3 Å². The largest absolute Gasteiger partial charge is 0.467 e. The molecule has 0 aliphatic carbocycles. The van der Waals surface area contributed by atoms with Gasteiger partial charge < -0.3 is 64.9 Å². The van der Waals surface area contributed by atoms with Gasteiger partial charge in [0.1, 0.15) is 24.2 Å². The van der Waals surface area contributed by atoms with E-state index in [2.05, 4.69) is 21.3 Å². The number of carbonyl (C=O) groups excluding carboxylic acids is 9. The molecule has 22 heteroatoms. The topological polar surface area (TPSA) is 272 Å². The summed E-state index contributed by atoms with van der Waals surface area (Å²) >= 11 is 0. The highest BCUT2D eigenvalue weighted by atomic mass is 16.5. The monoisotopic (exact) mass is 1150 g/mol. The van der Waals surface area contributed by atoms with Gasteiger partial charge in [0, 0.05) is 79.9 Å². The Hall–Kier alpha value is -6.15. The van der Waals surface area contributed by atoms with Crippen LogP contribution < -0.4 is 21.3 Å². The van der Waals surface area contributed by atoms with Crippen LogP contribution in [0.4, 0.5) is 0 Å². The lowest BCUT2D eigenvalue weighted by Crippen LogP contribution is -2.61. The number of aliphatic hydroxyl groups is 1. The van der Waals surface area contributed by atoms with E-state index in [0.717, 1.165) is 5.56 Å². The molecule has 0 aromatic heterocycles. The van der Waals surface area contributed by atoms with Gasteiger partial charge in [-0.3, -0.25) is 38.4 Å². The third-order valence-corrected chi connectivity index (χ3v) is 15.5. The van der Waals surface area contributed by atoms with Crippen LogP contribution in [0.1, 0.15) is 127 Å². The second kappa shape index (κ2) is 35.1. The van der Waals surface area contributed by atoms with Gasteiger partial charge in [-0.15, -0.1) is 6.42 Å². The summed E-state index contributed by atoms with van der Waals surface area (Å²) in [7, 11) is 7.30. The van der Waals surface area contributed by atoms with E-state index in [9.17, 15) is 48.3 Å². The van der Waals surface area contributed by atoms with Crippen LogP contribution in [0.5, 0.6) is 0 Å². The van der Waals surface area contributed by atoms with Crippen molar-refractivity contribution in [3.8, 4) is 12.3 Å². The Morgan fingerprint density at radius 3 is 1.94 bits per heavy atom. The smallest absolute Gasteiger partial charge is 0.328 e. The lowest BCUT2D eigenvalue weighted by atomic mass is 9.89. The van der Waals surface area contributed by atoms with Crippen molar-refractivity contribution in [2.45, 2.75) is 188 Å². The first kappa shape index (κ1) is 72.0. The molecule has 1 aliphatic rings. The molecule has 8 amide bonds. The molecule has 0 saturated carbocycles. The number of nitrogens with zero attached hydrogens (tertiary/aromatic N) is 4. The summed E-state index contributed by atoms with van der Waals surface area (Å²) in [5.41, 5.74) is 0.251. The molecule has 2 rings (SSSR count). The van der Waals surface area contributed by atoms with Crippen molar-refractivity contribution in [3.05, 3.63) is 35.9 Å². The van der Waals surface area contributed by atoms with E-state index in [-0.39, 0.29) is 75.8 Å². The number of carbonyl (C=O) groups is 9. The molecular weight excluding hydrogens is 1060 g/mol. The van der Waals surface area contributed by atoms with Crippen LogP contribution in [0.3, 0.4) is 0 Å². The summed E-state index contributed by atoms with van der Waals surface area (Å²) in [6.45, 7) is 19.9. The second-order valence-electron chi connectivity index (χ2n) is 23.0. The number of likely N-dealkylation sites (N-methyl/N-ethyl adjacent to an activating group) is 2. The van der Waals surface area contributed by atoms with Gasteiger partial charge in [0.05, 0.1) is 55.9 Å². The Morgan fingerprint density at radius 2 is 1.41 bits per heavy atom. The predicted molar refractivity (Wildman–Crippen MR) is 310 cm³/mol. The van der Waals surface area contributed by atoms with Crippen molar-refractivity contribution in [2.24, 2.45) is 23.7 Å². The molecule has 0 spiro atoms. The van der Waals surface area contributed by atoms with Crippen LogP contribution in [0, 0.1) is 36.0 Å². The zero-order valence-electron chi connectivity index (χ0n) is 51.7. The summed E-state index contributed by atoms with van der Waals surface area (Å²) in [6.07, 6.45) is 5.86. The lowest BCUT2D eigenvalue weighted by Gasteiger charge is -2.41. The zero-order chi connectivity index (χ0) is 62.2. The molecule has 2 unspecified atom stereocenters. The molecule has 1 fully saturated rings. The first-order valence-electron chi connectivity index (χ1n) is 28.7. The Bertz CT molecular complexity index is 2290. The molecule has 11 atom stereocenters. The van der Waals surface area contributed by atoms with E-state index in [1.165, 1.54) is 50.0 Å². The number of esters is 1. The van der Waals surface area contributed by atoms with Gasteiger partial charge >= 0.3 is 5.97 Å². The normalized spacial score (nSPS) is 17.1. The van der Waals surface area contributed by atoms with Crippen LogP contribution >= 0.6 is 0 Å². The minimum absolute atomic E-state index is 0.0452. The van der Waals surface area contributed by atoms with Gasteiger partial charge in [-0.25, -0.2) is 4.79 Å². The van der Waals surface area contributed by atoms with Crippen LogP contribution in [0.25, 0.3) is 0 Å². The van der Waals surface area contributed by atoms with Gasteiger partial charge in [-0.2, -0.15) is 0 Å². The Kier molecular flexibility index (Phi) is 30.8. The standard InChI is InChI=1S/C60H98N8O14/c1-18-39(7)53(46(79-15)35-50(73)68-30-23-26-45(68)54(80-16)41(9)55(74)63-44(59(78)81-17)34-43-24-21-20-22-25-43)66(14)58(77)51(37(3)4)64-56(75)52(38(5)6)65(13)57(76)42(10)62-48(71)28-32-67(49(72)19-2)31-27-47(70)61-40(8)36-82-60(11,12)29-33-69/h2,20-22,24-25,37-42,44-46,51-54,69H,18,23,26-36H2,1,3-17H3,(H,61,70)(H,62,71)(H,63,74)(H,64,75)/t39-,40?,41+,42-,44-,45-,46+,51-,52?,53-,54+/m0/s1. The summed E-state index contributed by atoms with van der Waals surface area (Å²) in [5.74, 6) is -4.43. The van der Waals surface area contributed by atoms with Crippen molar-refractivity contribution >= 4 is 53.2 Å². The summed E-state index contributed by atoms with van der Waals surface area (Å²) < 4.78 is 22.8. The third-order valence-electron chi connectivity index (χ3n) is 15.5. The molecule has 1 aliphatic heterocycles. The average Bonchev–Trinajstić information content (AvgIpc) is 3.92. The molecular formula is C60H98N8O14. The van der Waals surface area contributed by atoms with Crippen LogP contribution in [-0.4, -0.2) is 206 Å². The Balaban J connectivity index is 2.20. The first-order chi connectivity index (χ1) is 38.5. The quantitative estimate of drug-likeness (QED) is 0.0484. The van der Waals surface area contributed by atoms with Gasteiger partial charge in [-0.1, -0.05) is 85.2 Å². The van der Waals surface area contributed by atoms with Gasteiger partial charge in [0.2, 0.25) is 41.4 Å². The fourth-order valence-corrected chi connectivity index (χ4v) is 10.5. The minimum Gasteiger partial charge on any atom is -0.467 e. The summed E-state index contributed by atoms with van der Waals surface area (Å²) in [6, 6.07) is 3.53. The highest BCUT2D eigenvalue weighted by molar-refractivity contribution is 5.95. The number of hydrogen-bond acceptors (Lipinski definition) is 14. The van der Waals surface area contributed by atoms with Crippen molar-refractivity contribution in [1.29, 1.82) is 0 Å². The van der Waals surface area contributed by atoms with E-state index in [0.29, 0.717) is 32.2 Å². The molecule has 1 aromatic carbocycles. The van der Waals surface area contributed by atoms with Crippen molar-refractivity contribution < 1.29 is 67.2 Å². The average molecular weight is 1160 g/mol. The SMILES string of the molecule is C#CC(=O)N(CCC(=O)NC(C)COC(C)(C)CCO)CCC(=O)N[C@@H](C)C(=O)N(C)C(C(=O)N[C@H](C(=O)N(C)[C@@H]([C@@H](C)CC)[C@@H](CC(=O)N1CCC[C@H]1[C@H](OC)[C@@H](C)C(=O)N[C@@H](Cc1ccccc1)C(=O)OC)OC)C(C)C)C(C)C. The maximum atomic E-state index is 14.8. The highest BCUT2D eigenvalue weighted by Gasteiger charge is 2.44. The van der Waals surface area contributed by atoms with E-state index in [4.69, 9.17) is 25.4 Å². The number of hydrogen-bond donors (Lipinski definition) is 5. The number of rotatable bonds is 35. The van der Waals surface area contributed by atoms with E-state index < -0.39 is 113 Å². The molecule has 1 saturated heterocycles. The molecule has 82 heavy (non-hydrogen) atoms. The molecule has 22 nitrogen and oxygen atoms in total. The molecule has 0 radical (unpaired) electrons. The van der Waals surface area contributed by atoms with Gasteiger partial charge in [-0.05, 0) is 76.2 Å². The number of likely N-dealkylation sites (tertiary alicyclic amines) is 1. The number of amides is 8. The molecule has 5 N–H and O–H groups in total. The van der Waals surface area contributed by atoms with Gasteiger partial charge in [0.25, 0.3) is 5.91 Å². The zero-order valence-corrected chi connectivity index (χ0v) is 51.7. The number of methoxy groups -OCH3 is 3. The Labute approximate surface area is 487 Å². The Morgan fingerprint density at radius 1 is 0.805 bits per heavy atom. The van der Waals surface area contributed by atoms with Crippen LogP contribution in [0.15, 0.2) is 30.3 Å². The van der Waals surface area contributed by atoms with E-state index in [1.54, 1.807) is 53.5 Å². The number of benzene rings is 1. The summed E-state index contributed by atoms with van der Waals surface area (Å²) in [4.78, 5) is 128. The predicted octanol–water partition coefficient (Wildman–Crippen LogP) is 2.86. The molecule has 462 valence electrons. The van der Waals surface area contributed by atoms with E-state index in [1.807, 2.05) is 63.9 Å². The molecule has 1 heterocycles. The summed E-state index contributed by atoms with van der Waals surface area (Å²) in [5, 5.41) is 20.5. The van der Waals surface area contributed by atoms with Crippen LogP contribution in [-0.2, 0) is 68.5 Å². The lowest BCUT2D eigenvalue weighted by molar-refractivity contribution is -0.149.